The van der Waals surface area contributed by atoms with Gasteiger partial charge in [-0.05, 0) is 84.7 Å². The van der Waals surface area contributed by atoms with Gasteiger partial charge in [-0.25, -0.2) is 4.98 Å². The number of aliphatic carboxylic acids is 1. The molecule has 0 bridgehead atoms. The minimum atomic E-state index is -0.782. The summed E-state index contributed by atoms with van der Waals surface area (Å²) in [5, 5.41) is 9.40. The van der Waals surface area contributed by atoms with Crippen LogP contribution in [0.1, 0.15) is 74.7 Å². The third kappa shape index (κ3) is 8.08. The molecule has 1 saturated carbocycles. The van der Waals surface area contributed by atoms with Crippen LogP contribution >= 0.6 is 0 Å². The number of benzene rings is 1. The maximum Gasteiger partial charge on any atom is 0.303 e. The summed E-state index contributed by atoms with van der Waals surface area (Å²) in [5.41, 5.74) is 2.18. The number of ether oxygens (including phenoxy) is 2. The Morgan fingerprint density at radius 1 is 1.09 bits per heavy atom. The highest BCUT2D eigenvalue weighted by Gasteiger charge is 2.34. The minimum absolute atomic E-state index is 0.00456. The summed E-state index contributed by atoms with van der Waals surface area (Å²) >= 11 is 0. The fourth-order valence-corrected chi connectivity index (χ4v) is 6.28. The second-order valence-corrected chi connectivity index (χ2v) is 13.9. The quantitative estimate of drug-likeness (QED) is 0.269. The molecule has 46 heavy (non-hydrogen) atoms. The number of methoxy groups -OCH3 is 1. The molecule has 0 spiro atoms. The second kappa shape index (κ2) is 14.0. The molecule has 10 nitrogen and oxygen atoms in total. The van der Waals surface area contributed by atoms with E-state index >= 15 is 0 Å². The van der Waals surface area contributed by atoms with Crippen LogP contribution in [0.4, 0.5) is 11.4 Å². The lowest BCUT2D eigenvalue weighted by Crippen LogP contribution is -2.43. The SMILES string of the molecule is COc1ccc(C(=O)N(CC(C)(C)C)c2cccn(C)c2=O)c(N2CCC(COc3cc(C(CC(=O)O)C4CC4)ccn3)CC2)c1. The molecule has 246 valence electrons. The van der Waals surface area contributed by atoms with Crippen LogP contribution in [0, 0.1) is 17.3 Å². The van der Waals surface area contributed by atoms with Gasteiger partial charge in [-0.2, -0.15) is 0 Å². The van der Waals surface area contributed by atoms with Crippen molar-refractivity contribution >= 4 is 23.3 Å². The molecule has 1 unspecified atom stereocenters. The molecule has 5 rings (SSSR count). The van der Waals surface area contributed by atoms with E-state index in [1.165, 1.54) is 4.57 Å². The number of hydrogen-bond donors (Lipinski definition) is 1. The number of carboxylic acid groups (broad SMARTS) is 1. The lowest BCUT2D eigenvalue weighted by atomic mass is 9.92. The number of piperidine rings is 1. The first-order valence-corrected chi connectivity index (χ1v) is 16.1. The van der Waals surface area contributed by atoms with E-state index in [-0.39, 0.29) is 29.2 Å². The summed E-state index contributed by atoms with van der Waals surface area (Å²) < 4.78 is 13.2. The largest absolute Gasteiger partial charge is 0.497 e. The van der Waals surface area contributed by atoms with Crippen molar-refractivity contribution in [3.63, 3.8) is 0 Å². The van der Waals surface area contributed by atoms with Gasteiger partial charge < -0.3 is 28.9 Å². The first-order valence-electron chi connectivity index (χ1n) is 16.1. The van der Waals surface area contributed by atoms with Gasteiger partial charge in [0.2, 0.25) is 5.88 Å². The molecule has 1 amide bonds. The number of rotatable bonds is 12. The molecule has 1 atom stereocenters. The van der Waals surface area contributed by atoms with Gasteiger partial charge in [0, 0.05) is 51.2 Å². The van der Waals surface area contributed by atoms with Crippen molar-refractivity contribution in [2.75, 3.05) is 43.2 Å². The Labute approximate surface area is 271 Å². The van der Waals surface area contributed by atoms with Crippen molar-refractivity contribution in [3.05, 3.63) is 76.3 Å². The van der Waals surface area contributed by atoms with Crippen LogP contribution in [-0.2, 0) is 11.8 Å². The maximum absolute atomic E-state index is 14.3. The fraction of sp³-hybridized carbons (Fsp3) is 0.500. The van der Waals surface area contributed by atoms with E-state index in [1.807, 2.05) is 18.2 Å². The molecule has 1 aliphatic heterocycles. The highest BCUT2D eigenvalue weighted by atomic mass is 16.5. The standard InChI is InChI=1S/C36H46N4O6/c1-36(2,3)23-40(30-7-6-16-38(4)35(30)44)34(43)28-11-10-27(45-5)20-31(28)39-17-13-24(14-18-39)22-46-32-19-26(12-15-37-32)29(21-33(41)42)25-8-9-25/h6-7,10-12,15-16,19-20,24-25,29H,8-9,13-14,17-18,21-23H2,1-5H3,(H,41,42). The topological polar surface area (TPSA) is 114 Å². The van der Waals surface area contributed by atoms with E-state index in [0.717, 1.165) is 50.0 Å². The van der Waals surface area contributed by atoms with E-state index in [9.17, 15) is 19.5 Å². The van der Waals surface area contributed by atoms with Gasteiger partial charge in [-0.1, -0.05) is 20.8 Å². The number of aryl methyl sites for hydroxylation is 1. The molecule has 2 aliphatic rings. The predicted molar refractivity (Wildman–Crippen MR) is 178 cm³/mol. The summed E-state index contributed by atoms with van der Waals surface area (Å²) in [6, 6.07) is 12.8. The third-order valence-corrected chi connectivity index (χ3v) is 8.90. The Kier molecular flexibility index (Phi) is 10.0. The molecule has 1 aromatic carbocycles. The van der Waals surface area contributed by atoms with Crippen molar-refractivity contribution in [2.45, 2.75) is 58.8 Å². The van der Waals surface area contributed by atoms with Gasteiger partial charge in [0.05, 0.1) is 31.4 Å². The normalized spacial score (nSPS) is 16.2. The fourth-order valence-electron chi connectivity index (χ4n) is 6.28. The smallest absolute Gasteiger partial charge is 0.303 e. The zero-order chi connectivity index (χ0) is 33.0. The monoisotopic (exact) mass is 630 g/mol. The third-order valence-electron chi connectivity index (χ3n) is 8.90. The molecule has 3 aromatic rings. The Hall–Kier alpha value is -4.34. The molecule has 10 heteroatoms. The number of hydrogen-bond acceptors (Lipinski definition) is 7. The van der Waals surface area contributed by atoms with Crippen molar-refractivity contribution in [1.29, 1.82) is 0 Å². The Morgan fingerprint density at radius 2 is 1.83 bits per heavy atom. The molecular formula is C36H46N4O6. The summed E-state index contributed by atoms with van der Waals surface area (Å²) in [6.07, 6.45) is 7.37. The average Bonchev–Trinajstić information content (AvgIpc) is 3.88. The molecular weight excluding hydrogens is 584 g/mol. The molecule has 0 radical (unpaired) electrons. The van der Waals surface area contributed by atoms with Gasteiger partial charge in [0.15, 0.2) is 0 Å². The predicted octanol–water partition coefficient (Wildman–Crippen LogP) is 5.75. The summed E-state index contributed by atoms with van der Waals surface area (Å²) in [5.74, 6) is 0.901. The molecule has 2 aromatic heterocycles. The van der Waals surface area contributed by atoms with E-state index in [2.05, 4.69) is 30.7 Å². The van der Waals surface area contributed by atoms with Crippen LogP contribution in [0.3, 0.4) is 0 Å². The van der Waals surface area contributed by atoms with Gasteiger partial charge >= 0.3 is 5.97 Å². The molecule has 1 aliphatic carbocycles. The van der Waals surface area contributed by atoms with Crippen LogP contribution in [-0.4, -0.2) is 59.9 Å². The van der Waals surface area contributed by atoms with Crippen LogP contribution in [0.2, 0.25) is 0 Å². The van der Waals surface area contributed by atoms with Crippen LogP contribution < -0.4 is 24.8 Å². The van der Waals surface area contributed by atoms with Gasteiger partial charge in [0.1, 0.15) is 11.4 Å². The van der Waals surface area contributed by atoms with Gasteiger partial charge in [0.25, 0.3) is 11.5 Å². The Morgan fingerprint density at radius 3 is 2.48 bits per heavy atom. The summed E-state index contributed by atoms with van der Waals surface area (Å²) in [4.78, 5) is 47.1. The Balaban J connectivity index is 1.30. The number of aromatic nitrogens is 2. The molecule has 2 fully saturated rings. The Bertz CT molecular complexity index is 1600. The van der Waals surface area contributed by atoms with E-state index in [1.54, 1.807) is 55.7 Å². The van der Waals surface area contributed by atoms with Crippen molar-refractivity contribution < 1.29 is 24.2 Å². The van der Waals surface area contributed by atoms with E-state index < -0.39 is 5.97 Å². The van der Waals surface area contributed by atoms with Gasteiger partial charge in [-0.15, -0.1) is 0 Å². The average molecular weight is 631 g/mol. The number of carboxylic acids is 1. The van der Waals surface area contributed by atoms with Crippen molar-refractivity contribution in [3.8, 4) is 11.6 Å². The maximum atomic E-state index is 14.3. The molecule has 1 saturated heterocycles. The number of pyridine rings is 2. The van der Waals surface area contributed by atoms with Crippen LogP contribution in [0.5, 0.6) is 11.6 Å². The highest BCUT2D eigenvalue weighted by molar-refractivity contribution is 6.10. The number of amides is 1. The highest BCUT2D eigenvalue weighted by Crippen LogP contribution is 2.45. The summed E-state index contributed by atoms with van der Waals surface area (Å²) in [7, 11) is 3.30. The van der Waals surface area contributed by atoms with Crippen LogP contribution in [0.15, 0.2) is 59.7 Å². The second-order valence-electron chi connectivity index (χ2n) is 13.9. The number of nitrogens with zero attached hydrogens (tertiary/aromatic N) is 4. The molecule has 1 N–H and O–H groups in total. The summed E-state index contributed by atoms with van der Waals surface area (Å²) in [6.45, 7) is 8.50. The van der Waals surface area contributed by atoms with Crippen molar-refractivity contribution in [2.24, 2.45) is 24.3 Å². The lowest BCUT2D eigenvalue weighted by molar-refractivity contribution is -0.137. The minimum Gasteiger partial charge on any atom is -0.497 e. The van der Waals surface area contributed by atoms with Gasteiger partial charge in [-0.3, -0.25) is 14.4 Å². The first-order chi connectivity index (χ1) is 21.9. The van der Waals surface area contributed by atoms with Crippen LogP contribution in [0.25, 0.3) is 0 Å². The number of carbonyl (C=O) groups excluding carboxylic acids is 1. The van der Waals surface area contributed by atoms with E-state index in [4.69, 9.17) is 9.47 Å². The number of anilines is 2. The first kappa shape index (κ1) is 33.0. The molecule has 3 heterocycles. The van der Waals surface area contributed by atoms with Crippen molar-refractivity contribution in [1.82, 2.24) is 9.55 Å². The zero-order valence-corrected chi connectivity index (χ0v) is 27.6. The number of carbonyl (C=O) groups is 2. The van der Waals surface area contributed by atoms with E-state index in [0.29, 0.717) is 47.9 Å². The zero-order valence-electron chi connectivity index (χ0n) is 27.6. The lowest BCUT2D eigenvalue weighted by Gasteiger charge is -2.36.